The van der Waals surface area contributed by atoms with E-state index in [-0.39, 0.29) is 18.3 Å². The molecule has 2 aliphatic rings. The maximum atomic E-state index is 12.4. The van der Waals surface area contributed by atoms with Crippen LogP contribution in [-0.2, 0) is 11.3 Å². The molecule has 0 aromatic heterocycles. The Balaban J connectivity index is 1.43. The standard InChI is InChI=1S/C18H25F2N3O3/c19-17(20)26-16-6-2-1-4-14(16)12-21-18(24)23-9-7-22(8-10-23)13-15-5-3-11-25-15/h1-2,4,6,15,17H,3,5,7-13H2,(H,21,24). The van der Waals surface area contributed by atoms with Crippen molar-refractivity contribution >= 4 is 6.03 Å². The fraction of sp³-hybridized carbons (Fsp3) is 0.611. The van der Waals surface area contributed by atoms with Gasteiger partial charge < -0.3 is 19.7 Å². The molecule has 0 aliphatic carbocycles. The number of ether oxygens (including phenoxy) is 2. The Morgan fingerprint density at radius 1 is 1.27 bits per heavy atom. The number of carbonyl (C=O) groups excluding carboxylic acids is 1. The van der Waals surface area contributed by atoms with E-state index in [0.29, 0.717) is 24.8 Å². The summed E-state index contributed by atoms with van der Waals surface area (Å²) < 4.78 is 35.0. The second-order valence-electron chi connectivity index (χ2n) is 6.57. The van der Waals surface area contributed by atoms with Crippen LogP contribution in [0.15, 0.2) is 24.3 Å². The Labute approximate surface area is 152 Å². The zero-order valence-electron chi connectivity index (χ0n) is 14.7. The molecular formula is C18H25F2N3O3. The predicted molar refractivity (Wildman–Crippen MR) is 92.3 cm³/mol. The van der Waals surface area contributed by atoms with Crippen LogP contribution in [0.5, 0.6) is 5.75 Å². The van der Waals surface area contributed by atoms with Gasteiger partial charge in [0.1, 0.15) is 5.75 Å². The number of piperazine rings is 1. The van der Waals surface area contributed by atoms with Gasteiger partial charge in [0.25, 0.3) is 0 Å². The highest BCUT2D eigenvalue weighted by molar-refractivity contribution is 5.74. The third-order valence-electron chi connectivity index (χ3n) is 4.76. The summed E-state index contributed by atoms with van der Waals surface area (Å²) in [6.07, 6.45) is 2.56. The molecule has 6 nitrogen and oxygen atoms in total. The number of hydrogen-bond acceptors (Lipinski definition) is 4. The number of carbonyl (C=O) groups is 1. The van der Waals surface area contributed by atoms with E-state index in [0.717, 1.165) is 39.1 Å². The molecule has 2 fully saturated rings. The molecule has 26 heavy (non-hydrogen) atoms. The van der Waals surface area contributed by atoms with Crippen LogP contribution < -0.4 is 10.1 Å². The third kappa shape index (κ3) is 5.28. The van der Waals surface area contributed by atoms with E-state index in [4.69, 9.17) is 4.74 Å². The normalized spacial score (nSPS) is 21.2. The maximum Gasteiger partial charge on any atom is 0.387 e. The minimum absolute atomic E-state index is 0.0872. The van der Waals surface area contributed by atoms with Crippen molar-refractivity contribution in [1.29, 1.82) is 0 Å². The van der Waals surface area contributed by atoms with E-state index in [9.17, 15) is 13.6 Å². The summed E-state index contributed by atoms with van der Waals surface area (Å²) in [5.41, 5.74) is 0.526. The minimum atomic E-state index is -2.89. The molecule has 2 heterocycles. The van der Waals surface area contributed by atoms with Crippen LogP contribution in [-0.4, -0.2) is 67.9 Å². The van der Waals surface area contributed by atoms with Crippen LogP contribution in [0.1, 0.15) is 18.4 Å². The molecule has 1 unspecified atom stereocenters. The number of benzene rings is 1. The van der Waals surface area contributed by atoms with Crippen molar-refractivity contribution in [1.82, 2.24) is 15.1 Å². The molecule has 1 N–H and O–H groups in total. The molecular weight excluding hydrogens is 344 g/mol. The van der Waals surface area contributed by atoms with E-state index in [1.807, 2.05) is 0 Å². The van der Waals surface area contributed by atoms with E-state index in [2.05, 4.69) is 15.0 Å². The molecule has 0 saturated carbocycles. The highest BCUT2D eigenvalue weighted by atomic mass is 19.3. The number of nitrogens with zero attached hydrogens (tertiary/aromatic N) is 2. The monoisotopic (exact) mass is 369 g/mol. The van der Waals surface area contributed by atoms with E-state index < -0.39 is 6.61 Å². The number of amides is 2. The van der Waals surface area contributed by atoms with E-state index in [1.165, 1.54) is 6.07 Å². The lowest BCUT2D eigenvalue weighted by molar-refractivity contribution is -0.0504. The van der Waals surface area contributed by atoms with Gasteiger partial charge in [-0.1, -0.05) is 18.2 Å². The first-order valence-corrected chi connectivity index (χ1v) is 9.01. The van der Waals surface area contributed by atoms with Gasteiger partial charge in [0.2, 0.25) is 0 Å². The average molecular weight is 369 g/mol. The number of rotatable bonds is 6. The lowest BCUT2D eigenvalue weighted by atomic mass is 10.2. The maximum absolute atomic E-state index is 12.4. The van der Waals surface area contributed by atoms with Gasteiger partial charge in [-0.25, -0.2) is 4.79 Å². The third-order valence-corrected chi connectivity index (χ3v) is 4.76. The fourth-order valence-electron chi connectivity index (χ4n) is 3.35. The molecule has 0 spiro atoms. The number of halogens is 2. The van der Waals surface area contributed by atoms with Gasteiger partial charge in [0.05, 0.1) is 6.10 Å². The Morgan fingerprint density at radius 2 is 2.04 bits per heavy atom. The molecule has 144 valence electrons. The van der Waals surface area contributed by atoms with Gasteiger partial charge in [-0.3, -0.25) is 4.90 Å². The van der Waals surface area contributed by atoms with Crippen molar-refractivity contribution in [3.8, 4) is 5.75 Å². The van der Waals surface area contributed by atoms with Crippen LogP contribution in [0.3, 0.4) is 0 Å². The van der Waals surface area contributed by atoms with Crippen LogP contribution in [0.2, 0.25) is 0 Å². The molecule has 0 radical (unpaired) electrons. The van der Waals surface area contributed by atoms with E-state index in [1.54, 1.807) is 23.1 Å². The highest BCUT2D eigenvalue weighted by Crippen LogP contribution is 2.20. The number of urea groups is 1. The first-order chi connectivity index (χ1) is 12.6. The lowest BCUT2D eigenvalue weighted by Gasteiger charge is -2.35. The van der Waals surface area contributed by atoms with Crippen LogP contribution >= 0.6 is 0 Å². The predicted octanol–water partition coefficient (Wildman–Crippen LogP) is 2.29. The second kappa shape index (κ2) is 9.14. The Kier molecular flexibility index (Phi) is 6.62. The fourth-order valence-corrected chi connectivity index (χ4v) is 3.35. The highest BCUT2D eigenvalue weighted by Gasteiger charge is 2.24. The van der Waals surface area contributed by atoms with Crippen molar-refractivity contribution in [3.63, 3.8) is 0 Å². The average Bonchev–Trinajstić information content (AvgIpc) is 3.14. The molecule has 1 aromatic rings. The van der Waals surface area contributed by atoms with E-state index >= 15 is 0 Å². The van der Waals surface area contributed by atoms with Crippen LogP contribution in [0.25, 0.3) is 0 Å². The van der Waals surface area contributed by atoms with Gasteiger partial charge in [0.15, 0.2) is 0 Å². The molecule has 2 amide bonds. The minimum Gasteiger partial charge on any atom is -0.434 e. The molecule has 8 heteroatoms. The molecule has 0 bridgehead atoms. The Hall–Kier alpha value is -1.93. The number of alkyl halides is 2. The van der Waals surface area contributed by atoms with Crippen molar-refractivity contribution < 1.29 is 23.0 Å². The van der Waals surface area contributed by atoms with Crippen LogP contribution in [0, 0.1) is 0 Å². The van der Waals surface area contributed by atoms with Crippen molar-refractivity contribution in [3.05, 3.63) is 29.8 Å². The number of hydrogen-bond donors (Lipinski definition) is 1. The molecule has 2 aliphatic heterocycles. The number of nitrogens with one attached hydrogen (secondary N) is 1. The quantitative estimate of drug-likeness (QED) is 0.836. The SMILES string of the molecule is O=C(NCc1ccccc1OC(F)F)N1CCN(CC2CCCO2)CC1. The van der Waals surface area contributed by atoms with Gasteiger partial charge in [-0.15, -0.1) is 0 Å². The zero-order chi connectivity index (χ0) is 18.4. The van der Waals surface area contributed by atoms with Crippen molar-refractivity contribution in [2.45, 2.75) is 32.1 Å². The first kappa shape index (κ1) is 18.8. The Morgan fingerprint density at radius 3 is 2.73 bits per heavy atom. The second-order valence-corrected chi connectivity index (χ2v) is 6.57. The van der Waals surface area contributed by atoms with Gasteiger partial charge >= 0.3 is 12.6 Å². The summed E-state index contributed by atoms with van der Waals surface area (Å²) in [5.74, 6) is 0.0872. The topological polar surface area (TPSA) is 54.0 Å². The largest absolute Gasteiger partial charge is 0.434 e. The first-order valence-electron chi connectivity index (χ1n) is 9.01. The zero-order valence-corrected chi connectivity index (χ0v) is 14.7. The van der Waals surface area contributed by atoms with Gasteiger partial charge in [-0.2, -0.15) is 8.78 Å². The smallest absolute Gasteiger partial charge is 0.387 e. The van der Waals surface area contributed by atoms with Crippen molar-refractivity contribution in [2.24, 2.45) is 0 Å². The summed E-state index contributed by atoms with van der Waals surface area (Å²) in [4.78, 5) is 16.4. The Bertz CT molecular complexity index is 589. The lowest BCUT2D eigenvalue weighted by Crippen LogP contribution is -2.52. The molecule has 3 rings (SSSR count). The van der Waals surface area contributed by atoms with Crippen molar-refractivity contribution in [2.75, 3.05) is 39.3 Å². The molecule has 2 saturated heterocycles. The number of para-hydroxylation sites is 1. The summed E-state index contributed by atoms with van der Waals surface area (Å²) in [6.45, 7) is 1.97. The van der Waals surface area contributed by atoms with Gasteiger partial charge in [-0.05, 0) is 18.9 Å². The molecule has 1 atom stereocenters. The summed E-state index contributed by atoms with van der Waals surface area (Å²) in [7, 11) is 0. The summed E-state index contributed by atoms with van der Waals surface area (Å²) in [5, 5.41) is 2.79. The van der Waals surface area contributed by atoms with Crippen LogP contribution in [0.4, 0.5) is 13.6 Å². The summed E-state index contributed by atoms with van der Waals surface area (Å²) >= 11 is 0. The molecule has 1 aromatic carbocycles. The summed E-state index contributed by atoms with van der Waals surface area (Å²) in [6, 6.07) is 6.29. The van der Waals surface area contributed by atoms with Gasteiger partial charge in [0, 0.05) is 51.4 Å².